The lowest BCUT2D eigenvalue weighted by atomic mass is 10.1. The molecule has 0 bridgehead atoms. The summed E-state index contributed by atoms with van der Waals surface area (Å²) < 4.78 is 20.3. The smallest absolute Gasteiger partial charge is 0.338 e. The van der Waals surface area contributed by atoms with Gasteiger partial charge in [-0.3, -0.25) is 0 Å². The normalized spacial score (nSPS) is 20.0. The average Bonchev–Trinajstić information content (AvgIpc) is 3.64. The van der Waals surface area contributed by atoms with Crippen LogP contribution >= 0.6 is 0 Å². The van der Waals surface area contributed by atoms with Gasteiger partial charge in [0.25, 0.3) is 0 Å². The second kappa shape index (κ2) is 8.37. The summed E-state index contributed by atoms with van der Waals surface area (Å²) in [7, 11) is 0. The first kappa shape index (κ1) is 18.4. The molecule has 0 aromatic heterocycles. The third kappa shape index (κ3) is 5.28. The van der Waals surface area contributed by atoms with Crippen LogP contribution in [0.25, 0.3) is 12.2 Å². The zero-order chi connectivity index (χ0) is 19.3. The first-order valence-corrected chi connectivity index (χ1v) is 9.13. The van der Waals surface area contributed by atoms with Crippen molar-refractivity contribution in [2.24, 2.45) is 0 Å². The molecule has 2 fully saturated rings. The summed E-state index contributed by atoms with van der Waals surface area (Å²) in [5, 5.41) is 0. The van der Waals surface area contributed by atoms with Gasteiger partial charge in [0.15, 0.2) is 0 Å². The monoisotopic (exact) mass is 380 g/mol. The predicted octanol–water partition coefficient (Wildman–Crippen LogP) is 2.97. The van der Waals surface area contributed by atoms with Gasteiger partial charge in [0, 0.05) is 0 Å². The highest BCUT2D eigenvalue weighted by Crippen LogP contribution is 2.15. The van der Waals surface area contributed by atoms with Gasteiger partial charge < -0.3 is 18.9 Å². The molecule has 0 N–H and O–H groups in total. The number of rotatable bonds is 8. The van der Waals surface area contributed by atoms with Gasteiger partial charge in [0.1, 0.15) is 25.4 Å². The van der Waals surface area contributed by atoms with Crippen LogP contribution < -0.4 is 0 Å². The topological polar surface area (TPSA) is 77.7 Å². The Morgan fingerprint density at radius 1 is 0.750 bits per heavy atom. The summed E-state index contributed by atoms with van der Waals surface area (Å²) in [6.45, 7) is 1.93. The number of carbonyl (C=O) groups excluding carboxylic acids is 2. The average molecular weight is 380 g/mol. The van der Waals surface area contributed by atoms with Crippen LogP contribution in [0.1, 0.15) is 31.8 Å². The molecule has 0 aliphatic carbocycles. The lowest BCUT2D eigenvalue weighted by Crippen LogP contribution is -2.09. The highest BCUT2D eigenvalue weighted by Gasteiger charge is 2.25. The minimum absolute atomic E-state index is 0.0617. The van der Waals surface area contributed by atoms with E-state index >= 15 is 0 Å². The number of carbonyl (C=O) groups is 2. The van der Waals surface area contributed by atoms with Gasteiger partial charge >= 0.3 is 11.9 Å². The number of epoxide rings is 2. The van der Waals surface area contributed by atoms with Crippen molar-refractivity contribution in [3.05, 3.63) is 70.8 Å². The van der Waals surface area contributed by atoms with Gasteiger partial charge in [-0.25, -0.2) is 9.59 Å². The Bertz CT molecular complexity index is 787. The molecule has 6 nitrogen and oxygen atoms in total. The van der Waals surface area contributed by atoms with Crippen LogP contribution in [0, 0.1) is 0 Å². The maximum Gasteiger partial charge on any atom is 0.338 e. The first-order chi connectivity index (χ1) is 13.7. The van der Waals surface area contributed by atoms with Crippen molar-refractivity contribution in [1.29, 1.82) is 0 Å². The third-order valence-corrected chi connectivity index (χ3v) is 4.37. The van der Waals surface area contributed by atoms with Crippen LogP contribution in [0.5, 0.6) is 0 Å². The van der Waals surface area contributed by atoms with Gasteiger partial charge in [0.05, 0.1) is 24.3 Å². The van der Waals surface area contributed by atoms with E-state index in [0.29, 0.717) is 37.6 Å². The maximum atomic E-state index is 11.9. The summed E-state index contributed by atoms with van der Waals surface area (Å²) >= 11 is 0. The molecule has 2 aromatic carbocycles. The van der Waals surface area contributed by atoms with Crippen LogP contribution in [0.3, 0.4) is 0 Å². The van der Waals surface area contributed by atoms with Crippen LogP contribution in [0.15, 0.2) is 48.5 Å². The Labute approximate surface area is 162 Å². The second-order valence-corrected chi connectivity index (χ2v) is 6.68. The van der Waals surface area contributed by atoms with Gasteiger partial charge in [-0.15, -0.1) is 0 Å². The van der Waals surface area contributed by atoms with Gasteiger partial charge in [-0.2, -0.15) is 0 Å². The molecular formula is C22H20O6. The summed E-state index contributed by atoms with van der Waals surface area (Å²) in [6, 6.07) is 14.4. The summed E-state index contributed by atoms with van der Waals surface area (Å²) in [5.74, 6) is -0.691. The molecule has 0 radical (unpaired) electrons. The number of hydrogen-bond acceptors (Lipinski definition) is 6. The largest absolute Gasteiger partial charge is 0.459 e. The van der Waals surface area contributed by atoms with Gasteiger partial charge in [-0.05, 0) is 35.4 Å². The molecular weight excluding hydrogens is 360 g/mol. The quantitative estimate of drug-likeness (QED) is 0.398. The van der Waals surface area contributed by atoms with E-state index < -0.39 is 0 Å². The van der Waals surface area contributed by atoms with Crippen molar-refractivity contribution >= 4 is 24.1 Å². The lowest BCUT2D eigenvalue weighted by Gasteiger charge is -2.04. The lowest BCUT2D eigenvalue weighted by molar-refractivity contribution is 0.0468. The number of esters is 2. The number of ether oxygens (including phenoxy) is 4. The fourth-order valence-electron chi connectivity index (χ4n) is 2.49. The standard InChI is InChI=1S/C22H20O6/c23-21(27-13-19-11-25-19)17-7-3-15(4-8-17)1-2-16-5-9-18(10-6-16)22(24)28-14-20-12-26-20/h1-10,19-20H,11-14H2/b2-1+. The van der Waals surface area contributed by atoms with E-state index in [0.717, 1.165) is 11.1 Å². The molecule has 0 spiro atoms. The van der Waals surface area contributed by atoms with E-state index in [1.807, 2.05) is 36.4 Å². The van der Waals surface area contributed by atoms with Crippen molar-refractivity contribution in [2.45, 2.75) is 12.2 Å². The number of hydrogen-bond donors (Lipinski definition) is 0. The molecule has 2 heterocycles. The molecule has 0 saturated carbocycles. The molecule has 144 valence electrons. The Hall–Kier alpha value is -2.96. The molecule has 6 heteroatoms. The van der Waals surface area contributed by atoms with Crippen molar-refractivity contribution in [3.63, 3.8) is 0 Å². The van der Waals surface area contributed by atoms with E-state index in [-0.39, 0.29) is 24.1 Å². The fraction of sp³-hybridized carbons (Fsp3) is 0.273. The minimum Gasteiger partial charge on any atom is -0.459 e. The molecule has 2 unspecified atom stereocenters. The van der Waals surface area contributed by atoms with E-state index in [9.17, 15) is 9.59 Å². The zero-order valence-electron chi connectivity index (χ0n) is 15.2. The molecule has 2 aliphatic rings. The van der Waals surface area contributed by atoms with E-state index in [1.165, 1.54) is 0 Å². The van der Waals surface area contributed by atoms with Crippen LogP contribution in [-0.2, 0) is 18.9 Å². The van der Waals surface area contributed by atoms with Gasteiger partial charge in [-0.1, -0.05) is 36.4 Å². The highest BCUT2D eigenvalue weighted by atomic mass is 16.6. The van der Waals surface area contributed by atoms with Crippen LogP contribution in [0.2, 0.25) is 0 Å². The summed E-state index contributed by atoms with van der Waals surface area (Å²) in [6.07, 6.45) is 3.99. The van der Waals surface area contributed by atoms with Gasteiger partial charge in [0.2, 0.25) is 0 Å². The molecule has 4 rings (SSSR count). The van der Waals surface area contributed by atoms with Crippen LogP contribution in [0.4, 0.5) is 0 Å². The highest BCUT2D eigenvalue weighted by molar-refractivity contribution is 5.90. The Morgan fingerprint density at radius 2 is 1.11 bits per heavy atom. The molecule has 2 aromatic rings. The fourth-order valence-corrected chi connectivity index (χ4v) is 2.49. The van der Waals surface area contributed by atoms with Crippen molar-refractivity contribution in [1.82, 2.24) is 0 Å². The van der Waals surface area contributed by atoms with Crippen molar-refractivity contribution < 1.29 is 28.5 Å². The first-order valence-electron chi connectivity index (χ1n) is 9.13. The second-order valence-electron chi connectivity index (χ2n) is 6.68. The Balaban J connectivity index is 1.30. The third-order valence-electron chi connectivity index (χ3n) is 4.37. The Kier molecular flexibility index (Phi) is 5.50. The minimum atomic E-state index is -0.346. The van der Waals surface area contributed by atoms with E-state index in [1.54, 1.807) is 24.3 Å². The molecule has 0 amide bonds. The SMILES string of the molecule is O=C(OCC1CO1)c1ccc(/C=C/c2ccc(C(=O)OCC3CO3)cc2)cc1. The maximum absolute atomic E-state index is 11.9. The van der Waals surface area contributed by atoms with Crippen LogP contribution in [-0.4, -0.2) is 50.6 Å². The predicted molar refractivity (Wildman–Crippen MR) is 102 cm³/mol. The molecule has 2 atom stereocenters. The molecule has 2 saturated heterocycles. The molecule has 28 heavy (non-hydrogen) atoms. The van der Waals surface area contributed by atoms with Crippen molar-refractivity contribution in [3.8, 4) is 0 Å². The zero-order valence-corrected chi connectivity index (χ0v) is 15.2. The van der Waals surface area contributed by atoms with Crippen molar-refractivity contribution in [2.75, 3.05) is 26.4 Å². The van der Waals surface area contributed by atoms with E-state index in [2.05, 4.69) is 0 Å². The Morgan fingerprint density at radius 3 is 1.43 bits per heavy atom. The number of benzene rings is 2. The summed E-state index contributed by atoms with van der Waals surface area (Å²) in [5.41, 5.74) is 2.93. The molecule has 2 aliphatic heterocycles. The summed E-state index contributed by atoms with van der Waals surface area (Å²) in [4.78, 5) is 23.8. The van der Waals surface area contributed by atoms with E-state index in [4.69, 9.17) is 18.9 Å².